The van der Waals surface area contributed by atoms with E-state index in [-0.39, 0.29) is 6.61 Å². The molecular formula is C10H13NO2. The first-order chi connectivity index (χ1) is 6.18. The predicted octanol–water partition coefficient (Wildman–Crippen LogP) is -0.250. The predicted molar refractivity (Wildman–Crippen MR) is 49.1 cm³/mol. The van der Waals surface area contributed by atoms with Crippen LogP contribution < -0.4 is 5.73 Å². The van der Waals surface area contributed by atoms with Crippen LogP contribution in [0.15, 0.2) is 24.3 Å². The molecule has 0 amide bonds. The molecule has 4 N–H and O–H groups in total. The molecule has 0 aliphatic heterocycles. The van der Waals surface area contributed by atoms with Gasteiger partial charge in [0.1, 0.15) is 0 Å². The summed E-state index contributed by atoms with van der Waals surface area (Å²) in [6.45, 7) is -0.217. The van der Waals surface area contributed by atoms with E-state index in [0.29, 0.717) is 6.42 Å². The van der Waals surface area contributed by atoms with Crippen LogP contribution in [0.3, 0.4) is 0 Å². The van der Waals surface area contributed by atoms with Gasteiger partial charge in [-0.05, 0) is 11.1 Å². The molecule has 1 aromatic carbocycles. The van der Waals surface area contributed by atoms with Crippen molar-refractivity contribution in [1.82, 2.24) is 0 Å². The number of aliphatic hydroxyl groups is 2. The molecule has 0 saturated carbocycles. The zero-order valence-corrected chi connectivity index (χ0v) is 7.27. The average molecular weight is 179 g/mol. The van der Waals surface area contributed by atoms with Gasteiger partial charge in [0.05, 0.1) is 18.2 Å². The molecule has 1 aromatic rings. The van der Waals surface area contributed by atoms with Crippen LogP contribution in [0.25, 0.3) is 0 Å². The van der Waals surface area contributed by atoms with Gasteiger partial charge in [-0.2, -0.15) is 0 Å². The Balaban J connectivity index is 2.52. The van der Waals surface area contributed by atoms with E-state index in [0.717, 1.165) is 11.1 Å². The van der Waals surface area contributed by atoms with Crippen molar-refractivity contribution in [2.45, 2.75) is 18.1 Å². The van der Waals surface area contributed by atoms with Gasteiger partial charge < -0.3 is 15.9 Å². The number of benzene rings is 1. The summed E-state index contributed by atoms with van der Waals surface area (Å²) in [4.78, 5) is 0. The fraction of sp³-hybridized carbons (Fsp3) is 0.400. The first kappa shape index (κ1) is 8.69. The number of aliphatic hydroxyl groups excluding tert-OH is 2. The molecular weight excluding hydrogens is 166 g/mol. The minimum atomic E-state index is -0.962. The topological polar surface area (TPSA) is 66.5 Å². The molecule has 2 atom stereocenters. The van der Waals surface area contributed by atoms with Gasteiger partial charge in [-0.3, -0.25) is 0 Å². The molecule has 1 aliphatic carbocycles. The van der Waals surface area contributed by atoms with E-state index in [1.165, 1.54) is 0 Å². The van der Waals surface area contributed by atoms with Crippen molar-refractivity contribution in [1.29, 1.82) is 0 Å². The number of rotatable bonds is 1. The van der Waals surface area contributed by atoms with Crippen molar-refractivity contribution in [2.24, 2.45) is 5.73 Å². The van der Waals surface area contributed by atoms with Crippen molar-refractivity contribution >= 4 is 0 Å². The SMILES string of the molecule is NC1(CO)c2ccccc2CC1O. The largest absolute Gasteiger partial charge is 0.394 e. The molecule has 2 rings (SSSR count). The average Bonchev–Trinajstić information content (AvgIpc) is 2.41. The summed E-state index contributed by atoms with van der Waals surface area (Å²) in [6, 6.07) is 7.58. The molecule has 1 aliphatic rings. The van der Waals surface area contributed by atoms with Gasteiger partial charge in [-0.25, -0.2) is 0 Å². The highest BCUT2D eigenvalue weighted by Gasteiger charge is 2.42. The lowest BCUT2D eigenvalue weighted by atomic mass is 9.92. The molecule has 2 unspecified atom stereocenters. The summed E-state index contributed by atoms with van der Waals surface area (Å²) in [7, 11) is 0. The van der Waals surface area contributed by atoms with Crippen LogP contribution in [-0.2, 0) is 12.0 Å². The molecule has 0 radical (unpaired) electrons. The fourth-order valence-corrected chi connectivity index (χ4v) is 1.91. The van der Waals surface area contributed by atoms with Crippen molar-refractivity contribution in [3.05, 3.63) is 35.4 Å². The molecule has 0 fully saturated rings. The van der Waals surface area contributed by atoms with Gasteiger partial charge in [0.15, 0.2) is 0 Å². The lowest BCUT2D eigenvalue weighted by molar-refractivity contribution is 0.0550. The highest BCUT2D eigenvalue weighted by atomic mass is 16.3. The number of hydrogen-bond donors (Lipinski definition) is 3. The van der Waals surface area contributed by atoms with Gasteiger partial charge in [-0.15, -0.1) is 0 Å². The van der Waals surface area contributed by atoms with Gasteiger partial charge in [0, 0.05) is 6.42 Å². The van der Waals surface area contributed by atoms with E-state index in [9.17, 15) is 5.11 Å². The molecule has 3 heteroatoms. The van der Waals surface area contributed by atoms with E-state index < -0.39 is 11.6 Å². The van der Waals surface area contributed by atoms with Crippen LogP contribution in [0.5, 0.6) is 0 Å². The second-order valence-electron chi connectivity index (χ2n) is 3.58. The normalized spacial score (nSPS) is 31.8. The fourth-order valence-electron chi connectivity index (χ4n) is 1.91. The summed E-state index contributed by atoms with van der Waals surface area (Å²) >= 11 is 0. The maximum absolute atomic E-state index is 9.68. The van der Waals surface area contributed by atoms with Gasteiger partial charge in [0.2, 0.25) is 0 Å². The van der Waals surface area contributed by atoms with E-state index >= 15 is 0 Å². The summed E-state index contributed by atoms with van der Waals surface area (Å²) in [6.07, 6.45) is -0.136. The second-order valence-corrected chi connectivity index (χ2v) is 3.58. The Bertz CT molecular complexity index is 326. The lowest BCUT2D eigenvalue weighted by Crippen LogP contribution is -2.48. The third-order valence-corrected chi connectivity index (χ3v) is 2.79. The number of hydrogen-bond acceptors (Lipinski definition) is 3. The molecule has 0 spiro atoms. The van der Waals surface area contributed by atoms with Gasteiger partial charge in [-0.1, -0.05) is 24.3 Å². The van der Waals surface area contributed by atoms with Crippen LogP contribution >= 0.6 is 0 Å². The Labute approximate surface area is 76.8 Å². The minimum Gasteiger partial charge on any atom is -0.394 e. The molecule has 0 aromatic heterocycles. The molecule has 0 heterocycles. The second kappa shape index (κ2) is 2.80. The molecule has 3 nitrogen and oxygen atoms in total. The quantitative estimate of drug-likeness (QED) is 0.557. The Morgan fingerprint density at radius 3 is 2.85 bits per heavy atom. The van der Waals surface area contributed by atoms with Crippen molar-refractivity contribution < 1.29 is 10.2 Å². The van der Waals surface area contributed by atoms with Crippen LogP contribution in [0.4, 0.5) is 0 Å². The smallest absolute Gasteiger partial charge is 0.0912 e. The molecule has 70 valence electrons. The summed E-state index contributed by atoms with van der Waals surface area (Å²) in [5.41, 5.74) is 6.85. The van der Waals surface area contributed by atoms with Crippen molar-refractivity contribution in [2.75, 3.05) is 6.61 Å². The Morgan fingerprint density at radius 1 is 1.46 bits per heavy atom. The Hall–Kier alpha value is -0.900. The third kappa shape index (κ3) is 1.09. The summed E-state index contributed by atoms with van der Waals surface area (Å²) in [5.74, 6) is 0. The molecule has 0 saturated heterocycles. The number of nitrogens with two attached hydrogens (primary N) is 1. The maximum atomic E-state index is 9.68. The molecule has 0 bridgehead atoms. The maximum Gasteiger partial charge on any atom is 0.0912 e. The van der Waals surface area contributed by atoms with Crippen molar-refractivity contribution in [3.63, 3.8) is 0 Å². The zero-order valence-electron chi connectivity index (χ0n) is 7.27. The van der Waals surface area contributed by atoms with Crippen LogP contribution in [0, 0.1) is 0 Å². The van der Waals surface area contributed by atoms with E-state index in [1.807, 2.05) is 24.3 Å². The Morgan fingerprint density at radius 2 is 2.15 bits per heavy atom. The lowest BCUT2D eigenvalue weighted by Gasteiger charge is -2.26. The van der Waals surface area contributed by atoms with Gasteiger partial charge >= 0.3 is 0 Å². The number of fused-ring (bicyclic) bond motifs is 1. The van der Waals surface area contributed by atoms with E-state index in [1.54, 1.807) is 0 Å². The highest BCUT2D eigenvalue weighted by molar-refractivity contribution is 5.40. The molecule has 13 heavy (non-hydrogen) atoms. The minimum absolute atomic E-state index is 0.217. The Kier molecular flexibility index (Phi) is 1.87. The van der Waals surface area contributed by atoms with E-state index in [4.69, 9.17) is 10.8 Å². The van der Waals surface area contributed by atoms with Crippen molar-refractivity contribution in [3.8, 4) is 0 Å². The first-order valence-electron chi connectivity index (χ1n) is 4.34. The van der Waals surface area contributed by atoms with Crippen LogP contribution in [-0.4, -0.2) is 22.9 Å². The van der Waals surface area contributed by atoms with Gasteiger partial charge in [0.25, 0.3) is 0 Å². The standard InChI is InChI=1S/C10H13NO2/c11-10(6-12)8-4-2-1-3-7(8)5-9(10)13/h1-4,9,12-13H,5-6,11H2. The monoisotopic (exact) mass is 179 g/mol. The highest BCUT2D eigenvalue weighted by Crippen LogP contribution is 2.34. The van der Waals surface area contributed by atoms with Crippen LogP contribution in [0.1, 0.15) is 11.1 Å². The van der Waals surface area contributed by atoms with E-state index in [2.05, 4.69) is 0 Å². The van der Waals surface area contributed by atoms with Crippen LogP contribution in [0.2, 0.25) is 0 Å². The summed E-state index contributed by atoms with van der Waals surface area (Å²) < 4.78 is 0. The zero-order chi connectivity index (χ0) is 9.47. The first-order valence-corrected chi connectivity index (χ1v) is 4.34. The summed E-state index contributed by atoms with van der Waals surface area (Å²) in [5, 5.41) is 18.8. The third-order valence-electron chi connectivity index (χ3n) is 2.79.